The average molecular weight is 467 g/mol. The van der Waals surface area contributed by atoms with Crippen LogP contribution in [0.4, 0.5) is 0 Å². The van der Waals surface area contributed by atoms with Gasteiger partial charge in [-0.3, -0.25) is 4.79 Å². The number of rotatable bonds is 9. The molecule has 0 saturated carbocycles. The zero-order valence-electron chi connectivity index (χ0n) is 18.8. The molecule has 4 rings (SSSR count). The van der Waals surface area contributed by atoms with Gasteiger partial charge in [0.25, 0.3) is 5.91 Å². The summed E-state index contributed by atoms with van der Waals surface area (Å²) in [6.45, 7) is 3.99. The first-order valence-electron chi connectivity index (χ1n) is 10.8. The van der Waals surface area contributed by atoms with E-state index in [1.165, 1.54) is 6.20 Å². The van der Waals surface area contributed by atoms with E-state index in [-0.39, 0.29) is 32.5 Å². The highest BCUT2D eigenvalue weighted by Gasteiger charge is 2.17. The van der Waals surface area contributed by atoms with Crippen LogP contribution in [0, 0.1) is 6.92 Å². The molecule has 2 heterocycles. The van der Waals surface area contributed by atoms with Crippen LogP contribution in [0.3, 0.4) is 0 Å². The minimum atomic E-state index is -0.901. The molecule has 1 aliphatic rings. The van der Waals surface area contributed by atoms with Crippen molar-refractivity contribution >= 4 is 11.9 Å². The van der Waals surface area contributed by atoms with E-state index in [2.05, 4.69) is 10.4 Å². The third-order valence-corrected chi connectivity index (χ3v) is 5.16. The Balaban J connectivity index is 1.29. The van der Waals surface area contributed by atoms with Gasteiger partial charge in [0.15, 0.2) is 11.5 Å². The molecule has 10 nitrogen and oxygen atoms in total. The number of fused-ring (bicyclic) bond motifs is 1. The molecule has 0 saturated heterocycles. The molecule has 0 spiro atoms. The molecule has 178 valence electrons. The topological polar surface area (TPSA) is 121 Å². The van der Waals surface area contributed by atoms with Crippen LogP contribution in [0.25, 0.3) is 5.69 Å². The van der Waals surface area contributed by atoms with Crippen molar-refractivity contribution in [1.29, 1.82) is 0 Å². The number of carbonyl (C=O) groups excluding carboxylic acids is 2. The predicted molar refractivity (Wildman–Crippen MR) is 121 cm³/mol. The molecule has 3 aromatic rings. The van der Waals surface area contributed by atoms with Crippen molar-refractivity contribution in [2.24, 2.45) is 0 Å². The number of nitrogens with zero attached hydrogens (tertiary/aromatic N) is 2. The van der Waals surface area contributed by atoms with Crippen LogP contribution in [0.15, 0.2) is 48.7 Å². The molecule has 0 fully saturated rings. The van der Waals surface area contributed by atoms with Gasteiger partial charge in [0.2, 0.25) is 6.79 Å². The molecule has 2 aromatic carbocycles. The van der Waals surface area contributed by atoms with Crippen molar-refractivity contribution in [2.45, 2.75) is 20.0 Å². The number of aliphatic hydroxyl groups excluding tert-OH is 1. The fourth-order valence-electron chi connectivity index (χ4n) is 3.36. The van der Waals surface area contributed by atoms with Gasteiger partial charge in [-0.1, -0.05) is 0 Å². The van der Waals surface area contributed by atoms with Crippen molar-refractivity contribution in [1.82, 2.24) is 15.1 Å². The molecule has 2 N–H and O–H groups in total. The quantitative estimate of drug-likeness (QED) is 0.460. The summed E-state index contributed by atoms with van der Waals surface area (Å²) in [6, 6.07) is 11.9. The van der Waals surface area contributed by atoms with E-state index in [0.29, 0.717) is 39.8 Å². The lowest BCUT2D eigenvalue weighted by Crippen LogP contribution is -2.35. The fraction of sp³-hybridized carbons (Fsp3) is 0.292. The minimum Gasteiger partial charge on any atom is -0.491 e. The van der Waals surface area contributed by atoms with Crippen molar-refractivity contribution < 1.29 is 33.6 Å². The van der Waals surface area contributed by atoms with E-state index in [1.807, 2.05) is 0 Å². The first-order chi connectivity index (χ1) is 16.5. The van der Waals surface area contributed by atoms with E-state index < -0.39 is 12.1 Å². The third kappa shape index (κ3) is 5.12. The zero-order valence-corrected chi connectivity index (χ0v) is 18.8. The molecule has 0 aliphatic carbocycles. The summed E-state index contributed by atoms with van der Waals surface area (Å²) >= 11 is 0. The molecule has 0 radical (unpaired) electrons. The van der Waals surface area contributed by atoms with Crippen LogP contribution in [-0.2, 0) is 4.74 Å². The molecule has 1 amide bonds. The Morgan fingerprint density at radius 3 is 2.71 bits per heavy atom. The maximum atomic E-state index is 12.5. The van der Waals surface area contributed by atoms with Gasteiger partial charge < -0.3 is 29.4 Å². The van der Waals surface area contributed by atoms with Crippen molar-refractivity contribution in [3.05, 3.63) is 65.5 Å². The molecule has 10 heteroatoms. The Hall–Kier alpha value is -4.05. The number of hydrogen-bond donors (Lipinski definition) is 2. The summed E-state index contributed by atoms with van der Waals surface area (Å²) in [4.78, 5) is 24.4. The van der Waals surface area contributed by atoms with Crippen LogP contribution in [0.1, 0.15) is 33.3 Å². The lowest BCUT2D eigenvalue weighted by Gasteiger charge is -2.14. The Labute approximate surface area is 196 Å². The van der Waals surface area contributed by atoms with E-state index in [9.17, 15) is 14.7 Å². The van der Waals surface area contributed by atoms with Crippen LogP contribution < -0.4 is 19.5 Å². The van der Waals surface area contributed by atoms with Crippen LogP contribution in [0.5, 0.6) is 17.2 Å². The Morgan fingerprint density at radius 2 is 1.94 bits per heavy atom. The molecular formula is C24H25N3O7. The normalized spacial score (nSPS) is 12.8. The lowest BCUT2D eigenvalue weighted by atomic mass is 10.2. The zero-order chi connectivity index (χ0) is 24.1. The standard InChI is InChI=1S/C24H25N3O7/c1-3-31-24(30)20-12-26-27(15(20)2)17-6-4-16(5-7-17)23(29)25-11-18(28)13-32-19-8-9-21-22(10-19)34-14-33-21/h4-10,12,18,28H,3,11,13-14H2,1-2H3,(H,25,29). The molecule has 1 aliphatic heterocycles. The largest absolute Gasteiger partial charge is 0.491 e. The molecular weight excluding hydrogens is 442 g/mol. The summed E-state index contributed by atoms with van der Waals surface area (Å²) < 4.78 is 22.7. The molecule has 0 bridgehead atoms. The minimum absolute atomic E-state index is 0.000235. The predicted octanol–water partition coefficient (Wildman–Crippen LogP) is 2.26. The summed E-state index contributed by atoms with van der Waals surface area (Å²) in [5.41, 5.74) is 2.15. The van der Waals surface area contributed by atoms with Gasteiger partial charge >= 0.3 is 5.97 Å². The van der Waals surface area contributed by atoms with E-state index in [4.69, 9.17) is 18.9 Å². The molecule has 1 unspecified atom stereocenters. The van der Waals surface area contributed by atoms with Crippen LogP contribution in [-0.4, -0.2) is 59.4 Å². The Bertz CT molecular complexity index is 1170. The number of nitrogens with one attached hydrogen (secondary N) is 1. The first-order valence-corrected chi connectivity index (χ1v) is 10.8. The molecule has 1 aromatic heterocycles. The van der Waals surface area contributed by atoms with Gasteiger partial charge in [-0.15, -0.1) is 0 Å². The number of hydrogen-bond acceptors (Lipinski definition) is 8. The smallest absolute Gasteiger partial charge is 0.341 e. The summed E-state index contributed by atoms with van der Waals surface area (Å²) in [5.74, 6) is 1.01. The second-order valence-electron chi connectivity index (χ2n) is 7.51. The van der Waals surface area contributed by atoms with E-state index in [0.717, 1.165) is 0 Å². The van der Waals surface area contributed by atoms with Gasteiger partial charge in [0, 0.05) is 18.2 Å². The monoisotopic (exact) mass is 467 g/mol. The lowest BCUT2D eigenvalue weighted by molar-refractivity contribution is 0.0525. The highest BCUT2D eigenvalue weighted by Crippen LogP contribution is 2.35. The second kappa shape index (κ2) is 10.3. The fourth-order valence-corrected chi connectivity index (χ4v) is 3.36. The second-order valence-corrected chi connectivity index (χ2v) is 7.51. The Kier molecular flexibility index (Phi) is 6.98. The Morgan fingerprint density at radius 1 is 1.18 bits per heavy atom. The summed E-state index contributed by atoms with van der Waals surface area (Å²) in [5, 5.41) is 17.1. The third-order valence-electron chi connectivity index (χ3n) is 5.16. The van der Waals surface area contributed by atoms with E-state index in [1.54, 1.807) is 61.0 Å². The number of amides is 1. The number of benzene rings is 2. The molecule has 1 atom stereocenters. The number of ether oxygens (including phenoxy) is 4. The van der Waals surface area contributed by atoms with Gasteiger partial charge in [-0.05, 0) is 50.2 Å². The van der Waals surface area contributed by atoms with Crippen molar-refractivity contribution in [3.8, 4) is 22.9 Å². The highest BCUT2D eigenvalue weighted by atomic mass is 16.7. The van der Waals surface area contributed by atoms with Gasteiger partial charge in [-0.2, -0.15) is 5.10 Å². The van der Waals surface area contributed by atoms with Gasteiger partial charge in [0.1, 0.15) is 24.0 Å². The number of aliphatic hydroxyl groups is 1. The van der Waals surface area contributed by atoms with Crippen LogP contribution >= 0.6 is 0 Å². The van der Waals surface area contributed by atoms with Gasteiger partial charge in [0.05, 0.1) is 24.2 Å². The van der Waals surface area contributed by atoms with E-state index >= 15 is 0 Å². The maximum Gasteiger partial charge on any atom is 0.341 e. The first kappa shape index (κ1) is 23.1. The van der Waals surface area contributed by atoms with Gasteiger partial charge in [-0.25, -0.2) is 9.48 Å². The summed E-state index contributed by atoms with van der Waals surface area (Å²) in [7, 11) is 0. The van der Waals surface area contributed by atoms with Crippen molar-refractivity contribution in [2.75, 3.05) is 26.6 Å². The summed E-state index contributed by atoms with van der Waals surface area (Å²) in [6.07, 6.45) is 0.558. The number of aromatic nitrogens is 2. The molecule has 34 heavy (non-hydrogen) atoms. The SMILES string of the molecule is CCOC(=O)c1cnn(-c2ccc(C(=O)NCC(O)COc3ccc4c(c3)OCO4)cc2)c1C. The van der Waals surface area contributed by atoms with Crippen LogP contribution in [0.2, 0.25) is 0 Å². The van der Waals surface area contributed by atoms with Crippen molar-refractivity contribution in [3.63, 3.8) is 0 Å². The number of esters is 1. The number of carbonyl (C=O) groups is 2. The highest BCUT2D eigenvalue weighted by molar-refractivity contribution is 5.94. The maximum absolute atomic E-state index is 12.5. The average Bonchev–Trinajstić information content (AvgIpc) is 3.47.